The van der Waals surface area contributed by atoms with Crippen molar-refractivity contribution in [2.45, 2.75) is 23.8 Å². The smallest absolute Gasteiger partial charge is 0.223 e. The van der Waals surface area contributed by atoms with Gasteiger partial charge in [0.25, 0.3) is 0 Å². The molecule has 1 atom stereocenters. The van der Waals surface area contributed by atoms with E-state index in [0.717, 1.165) is 19.5 Å². The summed E-state index contributed by atoms with van der Waals surface area (Å²) in [5, 5.41) is 3.19. The average molecular weight is 356 g/mol. The molecule has 0 bridgehead atoms. The maximum absolute atomic E-state index is 12.5. The van der Waals surface area contributed by atoms with Crippen LogP contribution >= 0.6 is 0 Å². The molecule has 0 aromatic heterocycles. The fourth-order valence-electron chi connectivity index (χ4n) is 2.70. The quantitative estimate of drug-likeness (QED) is 0.774. The highest BCUT2D eigenvalue weighted by molar-refractivity contribution is 7.91. The second kappa shape index (κ2) is 7.85. The van der Waals surface area contributed by atoms with Crippen LogP contribution in [0.15, 0.2) is 23.1 Å². The molecule has 1 aromatic rings. The highest BCUT2D eigenvalue weighted by Crippen LogP contribution is 2.30. The van der Waals surface area contributed by atoms with E-state index in [1.165, 1.54) is 26.4 Å². The number of hydrogen-bond donors (Lipinski definition) is 1. The molecule has 1 aromatic carbocycles. The van der Waals surface area contributed by atoms with Gasteiger partial charge in [0.05, 0.1) is 24.9 Å². The Labute approximate surface area is 142 Å². The SMILES string of the molecule is COc1ccc(S(=O)(=O)CCC(=O)N(C)C2CCNC2)cc1OC. The fraction of sp³-hybridized carbons (Fsp3) is 0.562. The molecule has 24 heavy (non-hydrogen) atoms. The number of methoxy groups -OCH3 is 2. The third-order valence-corrected chi connectivity index (χ3v) is 5.99. The van der Waals surface area contributed by atoms with Crippen LogP contribution in [0.4, 0.5) is 0 Å². The van der Waals surface area contributed by atoms with Crippen molar-refractivity contribution in [1.82, 2.24) is 10.2 Å². The summed E-state index contributed by atoms with van der Waals surface area (Å²) in [6, 6.07) is 4.57. The van der Waals surface area contributed by atoms with Crippen LogP contribution in [0.5, 0.6) is 11.5 Å². The Hall–Kier alpha value is -1.80. The predicted octanol–water partition coefficient (Wildman–Crippen LogP) is 0.688. The lowest BCUT2D eigenvalue weighted by molar-refractivity contribution is -0.131. The van der Waals surface area contributed by atoms with E-state index in [4.69, 9.17) is 9.47 Å². The Morgan fingerprint density at radius 1 is 1.29 bits per heavy atom. The number of nitrogens with zero attached hydrogens (tertiary/aromatic N) is 1. The molecule has 8 heteroatoms. The van der Waals surface area contributed by atoms with E-state index in [1.54, 1.807) is 18.0 Å². The van der Waals surface area contributed by atoms with Crippen LogP contribution in [0.2, 0.25) is 0 Å². The van der Waals surface area contributed by atoms with Gasteiger partial charge in [-0.2, -0.15) is 0 Å². The number of carbonyl (C=O) groups excluding carboxylic acids is 1. The first-order valence-corrected chi connectivity index (χ1v) is 9.45. The number of hydrogen-bond acceptors (Lipinski definition) is 6. The summed E-state index contributed by atoms with van der Waals surface area (Å²) in [6.45, 7) is 1.64. The molecule has 1 heterocycles. The van der Waals surface area contributed by atoms with E-state index in [-0.39, 0.29) is 29.0 Å². The number of likely N-dealkylation sites (N-methyl/N-ethyl adjacent to an activating group) is 1. The molecule has 0 saturated carbocycles. The van der Waals surface area contributed by atoms with Gasteiger partial charge in [-0.15, -0.1) is 0 Å². The first kappa shape index (κ1) is 18.5. The van der Waals surface area contributed by atoms with Gasteiger partial charge in [-0.1, -0.05) is 0 Å². The number of rotatable bonds is 7. The molecule has 1 unspecified atom stereocenters. The Morgan fingerprint density at radius 2 is 2.00 bits per heavy atom. The number of amides is 1. The standard InChI is InChI=1S/C16H24N2O5S/c1-18(12-6-8-17-11-12)16(19)7-9-24(20,21)13-4-5-14(22-2)15(10-13)23-3/h4-5,10,12,17H,6-9,11H2,1-3H3. The van der Waals surface area contributed by atoms with E-state index in [9.17, 15) is 13.2 Å². The van der Waals surface area contributed by atoms with E-state index >= 15 is 0 Å². The van der Waals surface area contributed by atoms with Crippen molar-refractivity contribution in [1.29, 1.82) is 0 Å². The Bertz CT molecular complexity index is 684. The Balaban J connectivity index is 2.04. The topological polar surface area (TPSA) is 84.9 Å². The number of carbonyl (C=O) groups is 1. The van der Waals surface area contributed by atoms with Gasteiger partial charge in [-0.3, -0.25) is 4.79 Å². The lowest BCUT2D eigenvalue weighted by Gasteiger charge is -2.23. The highest BCUT2D eigenvalue weighted by Gasteiger charge is 2.25. The molecule has 2 rings (SSSR count). The molecule has 1 aliphatic heterocycles. The molecular weight excluding hydrogens is 332 g/mol. The van der Waals surface area contributed by atoms with Gasteiger partial charge in [0, 0.05) is 32.1 Å². The van der Waals surface area contributed by atoms with Crippen molar-refractivity contribution in [2.24, 2.45) is 0 Å². The van der Waals surface area contributed by atoms with E-state index in [1.807, 2.05) is 0 Å². The normalized spacial score (nSPS) is 17.5. The van der Waals surface area contributed by atoms with Crippen LogP contribution in [0, 0.1) is 0 Å². The fourth-order valence-corrected chi connectivity index (χ4v) is 3.94. The molecule has 1 saturated heterocycles. The second-order valence-electron chi connectivity index (χ2n) is 5.74. The molecule has 134 valence electrons. The maximum Gasteiger partial charge on any atom is 0.223 e. The summed E-state index contributed by atoms with van der Waals surface area (Å²) in [5.74, 6) is 0.416. The second-order valence-corrected chi connectivity index (χ2v) is 7.85. The first-order chi connectivity index (χ1) is 11.4. The van der Waals surface area contributed by atoms with Crippen LogP contribution < -0.4 is 14.8 Å². The molecule has 1 N–H and O–H groups in total. The first-order valence-electron chi connectivity index (χ1n) is 7.80. The van der Waals surface area contributed by atoms with Crippen molar-refractivity contribution >= 4 is 15.7 Å². The zero-order valence-corrected chi connectivity index (χ0v) is 15.1. The summed E-state index contributed by atoms with van der Waals surface area (Å²) in [7, 11) is 1.09. The van der Waals surface area contributed by atoms with Gasteiger partial charge in [0.2, 0.25) is 5.91 Å². The molecular formula is C16H24N2O5S. The van der Waals surface area contributed by atoms with Crippen molar-refractivity contribution in [3.8, 4) is 11.5 Å². The monoisotopic (exact) mass is 356 g/mol. The maximum atomic E-state index is 12.5. The lowest BCUT2D eigenvalue weighted by Crippen LogP contribution is -2.39. The number of ether oxygens (including phenoxy) is 2. The van der Waals surface area contributed by atoms with Crippen molar-refractivity contribution in [3.63, 3.8) is 0 Å². The minimum atomic E-state index is -3.57. The lowest BCUT2D eigenvalue weighted by atomic mass is 10.2. The van der Waals surface area contributed by atoms with E-state index < -0.39 is 9.84 Å². The molecule has 0 radical (unpaired) electrons. The highest BCUT2D eigenvalue weighted by atomic mass is 32.2. The van der Waals surface area contributed by atoms with Crippen LogP contribution in [0.25, 0.3) is 0 Å². The Morgan fingerprint density at radius 3 is 2.58 bits per heavy atom. The zero-order chi connectivity index (χ0) is 17.7. The van der Waals surface area contributed by atoms with Crippen LogP contribution in [0.3, 0.4) is 0 Å². The number of sulfone groups is 1. The van der Waals surface area contributed by atoms with Gasteiger partial charge in [-0.25, -0.2) is 8.42 Å². The molecule has 7 nitrogen and oxygen atoms in total. The van der Waals surface area contributed by atoms with Crippen LogP contribution in [-0.4, -0.2) is 65.4 Å². The average Bonchev–Trinajstić information content (AvgIpc) is 3.12. The summed E-state index contributed by atoms with van der Waals surface area (Å²) in [5.41, 5.74) is 0. The molecule has 1 aliphatic rings. The minimum Gasteiger partial charge on any atom is -0.493 e. The van der Waals surface area contributed by atoms with Crippen molar-refractivity contribution < 1.29 is 22.7 Å². The zero-order valence-electron chi connectivity index (χ0n) is 14.2. The van der Waals surface area contributed by atoms with E-state index in [0.29, 0.717) is 11.5 Å². The van der Waals surface area contributed by atoms with E-state index in [2.05, 4.69) is 5.32 Å². The Kier molecular flexibility index (Phi) is 6.06. The molecule has 0 aliphatic carbocycles. The summed E-state index contributed by atoms with van der Waals surface area (Å²) in [6.07, 6.45) is 0.856. The predicted molar refractivity (Wildman–Crippen MR) is 90.3 cm³/mol. The third kappa shape index (κ3) is 4.18. The molecule has 0 spiro atoms. The van der Waals surface area contributed by atoms with Crippen LogP contribution in [0.1, 0.15) is 12.8 Å². The summed E-state index contributed by atoms with van der Waals surface area (Å²) < 4.78 is 35.2. The van der Waals surface area contributed by atoms with Crippen molar-refractivity contribution in [2.75, 3.05) is 40.1 Å². The minimum absolute atomic E-state index is 0.0380. The van der Waals surface area contributed by atoms with Gasteiger partial charge in [-0.05, 0) is 25.1 Å². The summed E-state index contributed by atoms with van der Waals surface area (Å²) in [4.78, 5) is 14.0. The van der Waals surface area contributed by atoms with Gasteiger partial charge >= 0.3 is 0 Å². The number of nitrogens with one attached hydrogen (secondary N) is 1. The summed E-state index contributed by atoms with van der Waals surface area (Å²) >= 11 is 0. The van der Waals surface area contributed by atoms with Gasteiger partial charge in [0.15, 0.2) is 21.3 Å². The molecule has 1 amide bonds. The van der Waals surface area contributed by atoms with Gasteiger partial charge < -0.3 is 19.7 Å². The van der Waals surface area contributed by atoms with Crippen molar-refractivity contribution in [3.05, 3.63) is 18.2 Å². The van der Waals surface area contributed by atoms with Gasteiger partial charge in [0.1, 0.15) is 0 Å². The number of benzene rings is 1. The molecule has 1 fully saturated rings. The van der Waals surface area contributed by atoms with Crippen LogP contribution in [-0.2, 0) is 14.6 Å². The third-order valence-electron chi connectivity index (χ3n) is 4.27. The largest absolute Gasteiger partial charge is 0.493 e.